The molecule has 130 valence electrons. The summed E-state index contributed by atoms with van der Waals surface area (Å²) in [5, 5.41) is 0. The van der Waals surface area contributed by atoms with Crippen molar-refractivity contribution in [3.63, 3.8) is 0 Å². The Labute approximate surface area is 141 Å². The minimum atomic E-state index is 0.243. The zero-order valence-corrected chi connectivity index (χ0v) is 15.6. The highest BCUT2D eigenvalue weighted by Gasteiger charge is 2.12. The summed E-state index contributed by atoms with van der Waals surface area (Å²) in [6.45, 7) is 14.5. The SMILES string of the molecule is CC(C)(C)CCOc1cc(CC=O)cc(OCCC(C)(C)C)c1. The van der Waals surface area contributed by atoms with Crippen LogP contribution in [0.5, 0.6) is 11.5 Å². The number of carbonyl (C=O) groups excluding carboxylic acids is 1. The molecule has 23 heavy (non-hydrogen) atoms. The number of ether oxygens (including phenoxy) is 2. The van der Waals surface area contributed by atoms with Gasteiger partial charge in [-0.15, -0.1) is 0 Å². The van der Waals surface area contributed by atoms with E-state index in [4.69, 9.17) is 9.47 Å². The summed E-state index contributed by atoms with van der Waals surface area (Å²) in [5.74, 6) is 1.55. The molecule has 0 amide bonds. The molecule has 0 spiro atoms. The van der Waals surface area contributed by atoms with Gasteiger partial charge in [0.1, 0.15) is 17.8 Å². The van der Waals surface area contributed by atoms with E-state index in [9.17, 15) is 4.79 Å². The summed E-state index contributed by atoms with van der Waals surface area (Å²) in [5.41, 5.74) is 1.41. The predicted octanol–water partition coefficient (Wildman–Crippen LogP) is 5.06. The average molecular weight is 320 g/mol. The lowest BCUT2D eigenvalue weighted by atomic mass is 9.93. The third kappa shape index (κ3) is 9.27. The Kier molecular flexibility index (Phi) is 7.11. The molecule has 0 saturated heterocycles. The zero-order chi connectivity index (χ0) is 17.5. The first-order valence-corrected chi connectivity index (χ1v) is 8.42. The van der Waals surface area contributed by atoms with Gasteiger partial charge in [-0.1, -0.05) is 41.5 Å². The van der Waals surface area contributed by atoms with Gasteiger partial charge in [-0.25, -0.2) is 0 Å². The number of hydrogen-bond acceptors (Lipinski definition) is 3. The Bertz CT molecular complexity index is 454. The van der Waals surface area contributed by atoms with Crippen molar-refractivity contribution in [3.8, 4) is 11.5 Å². The van der Waals surface area contributed by atoms with Gasteiger partial charge in [0.15, 0.2) is 0 Å². The van der Waals surface area contributed by atoms with Gasteiger partial charge in [-0.2, -0.15) is 0 Å². The molecule has 0 unspecified atom stereocenters. The third-order valence-corrected chi connectivity index (χ3v) is 3.50. The lowest BCUT2D eigenvalue weighted by Crippen LogP contribution is -2.12. The maximum Gasteiger partial charge on any atom is 0.124 e. The van der Waals surface area contributed by atoms with Gasteiger partial charge >= 0.3 is 0 Å². The summed E-state index contributed by atoms with van der Waals surface area (Å²) < 4.78 is 11.7. The fourth-order valence-electron chi connectivity index (χ4n) is 1.96. The fourth-order valence-corrected chi connectivity index (χ4v) is 1.96. The summed E-state index contributed by atoms with van der Waals surface area (Å²) in [6, 6.07) is 5.76. The van der Waals surface area contributed by atoms with Crippen LogP contribution in [0.15, 0.2) is 18.2 Å². The Morgan fingerprint density at radius 1 is 0.826 bits per heavy atom. The standard InChI is InChI=1S/C20H32O3/c1-19(2,3)8-11-22-17-13-16(7-10-21)14-18(15-17)23-12-9-20(4,5)6/h10,13-15H,7-9,11-12H2,1-6H3. The lowest BCUT2D eigenvalue weighted by Gasteiger charge is -2.20. The largest absolute Gasteiger partial charge is 0.493 e. The number of rotatable bonds is 8. The summed E-state index contributed by atoms with van der Waals surface area (Å²) in [6.07, 6.45) is 3.25. The van der Waals surface area contributed by atoms with E-state index in [1.54, 1.807) is 0 Å². The molecule has 0 aliphatic carbocycles. The second-order valence-corrected chi connectivity index (χ2v) is 8.50. The molecular weight excluding hydrogens is 288 g/mol. The van der Waals surface area contributed by atoms with E-state index >= 15 is 0 Å². The fraction of sp³-hybridized carbons (Fsp3) is 0.650. The van der Waals surface area contributed by atoms with Crippen molar-refractivity contribution in [3.05, 3.63) is 23.8 Å². The molecule has 0 bridgehead atoms. The summed E-state index contributed by atoms with van der Waals surface area (Å²) in [7, 11) is 0. The first kappa shape index (κ1) is 19.5. The normalized spacial score (nSPS) is 12.1. The molecule has 0 saturated carbocycles. The molecule has 0 aliphatic rings. The van der Waals surface area contributed by atoms with Gasteiger partial charge < -0.3 is 14.3 Å². The highest BCUT2D eigenvalue weighted by Crippen LogP contribution is 2.26. The second-order valence-electron chi connectivity index (χ2n) is 8.50. The van der Waals surface area contributed by atoms with Crippen LogP contribution in [0.1, 0.15) is 59.9 Å². The van der Waals surface area contributed by atoms with Gasteiger partial charge in [-0.05, 0) is 41.4 Å². The molecule has 1 aromatic rings. The molecule has 1 aromatic carbocycles. The predicted molar refractivity (Wildman–Crippen MR) is 95.3 cm³/mol. The van der Waals surface area contributed by atoms with Crippen LogP contribution in [0.4, 0.5) is 0 Å². The molecule has 0 fully saturated rings. The molecule has 0 atom stereocenters. The molecular formula is C20H32O3. The van der Waals surface area contributed by atoms with E-state index < -0.39 is 0 Å². The molecule has 0 aromatic heterocycles. The molecule has 1 rings (SSSR count). The number of hydrogen-bond donors (Lipinski definition) is 0. The van der Waals surface area contributed by atoms with Crippen LogP contribution in [0.3, 0.4) is 0 Å². The van der Waals surface area contributed by atoms with Crippen LogP contribution < -0.4 is 9.47 Å². The first-order chi connectivity index (χ1) is 10.6. The van der Waals surface area contributed by atoms with Gasteiger partial charge in [0.05, 0.1) is 13.2 Å². The monoisotopic (exact) mass is 320 g/mol. The topological polar surface area (TPSA) is 35.5 Å². The maximum atomic E-state index is 10.8. The minimum Gasteiger partial charge on any atom is -0.493 e. The van der Waals surface area contributed by atoms with E-state index in [-0.39, 0.29) is 10.8 Å². The summed E-state index contributed by atoms with van der Waals surface area (Å²) in [4.78, 5) is 10.8. The summed E-state index contributed by atoms with van der Waals surface area (Å²) >= 11 is 0. The van der Waals surface area contributed by atoms with E-state index in [1.807, 2.05) is 18.2 Å². The van der Waals surface area contributed by atoms with E-state index in [1.165, 1.54) is 0 Å². The van der Waals surface area contributed by atoms with Gasteiger partial charge in [0.25, 0.3) is 0 Å². The third-order valence-electron chi connectivity index (χ3n) is 3.50. The van der Waals surface area contributed by atoms with Crippen molar-refractivity contribution < 1.29 is 14.3 Å². The highest BCUT2D eigenvalue weighted by atomic mass is 16.5. The van der Waals surface area contributed by atoms with Crippen molar-refractivity contribution in [2.75, 3.05) is 13.2 Å². The molecule has 3 heteroatoms. The number of aldehydes is 1. The van der Waals surface area contributed by atoms with Gasteiger partial charge in [-0.3, -0.25) is 0 Å². The maximum absolute atomic E-state index is 10.8. The van der Waals surface area contributed by atoms with E-state index in [2.05, 4.69) is 41.5 Å². The molecule has 0 radical (unpaired) electrons. The highest BCUT2D eigenvalue weighted by molar-refractivity contribution is 5.56. The Morgan fingerprint density at radius 3 is 1.61 bits per heavy atom. The smallest absolute Gasteiger partial charge is 0.124 e. The van der Waals surface area contributed by atoms with Crippen LogP contribution in [0, 0.1) is 10.8 Å². The average Bonchev–Trinajstić information content (AvgIpc) is 2.35. The molecule has 0 N–H and O–H groups in total. The second kappa shape index (κ2) is 8.37. The Morgan fingerprint density at radius 2 is 1.26 bits per heavy atom. The van der Waals surface area contributed by atoms with Crippen molar-refractivity contribution >= 4 is 6.29 Å². The molecule has 0 aliphatic heterocycles. The van der Waals surface area contributed by atoms with Crippen LogP contribution in [0.25, 0.3) is 0 Å². The van der Waals surface area contributed by atoms with Crippen LogP contribution >= 0.6 is 0 Å². The van der Waals surface area contributed by atoms with Gasteiger partial charge in [0.2, 0.25) is 0 Å². The zero-order valence-electron chi connectivity index (χ0n) is 15.6. The van der Waals surface area contributed by atoms with Crippen molar-refractivity contribution in [1.29, 1.82) is 0 Å². The number of benzene rings is 1. The van der Waals surface area contributed by atoms with Gasteiger partial charge in [0, 0.05) is 12.5 Å². The van der Waals surface area contributed by atoms with Crippen LogP contribution in [-0.4, -0.2) is 19.5 Å². The van der Waals surface area contributed by atoms with Crippen molar-refractivity contribution in [1.82, 2.24) is 0 Å². The van der Waals surface area contributed by atoms with Crippen molar-refractivity contribution in [2.24, 2.45) is 10.8 Å². The lowest BCUT2D eigenvalue weighted by molar-refractivity contribution is -0.107. The minimum absolute atomic E-state index is 0.243. The number of carbonyl (C=O) groups is 1. The van der Waals surface area contributed by atoms with Crippen LogP contribution in [-0.2, 0) is 11.2 Å². The molecule has 3 nitrogen and oxygen atoms in total. The molecule has 0 heterocycles. The van der Waals surface area contributed by atoms with Crippen molar-refractivity contribution in [2.45, 2.75) is 60.8 Å². The Hall–Kier alpha value is -1.51. The van der Waals surface area contributed by atoms with E-state index in [0.29, 0.717) is 19.6 Å². The van der Waals surface area contributed by atoms with Crippen LogP contribution in [0.2, 0.25) is 0 Å². The van der Waals surface area contributed by atoms with E-state index in [0.717, 1.165) is 36.2 Å². The Balaban J connectivity index is 2.71. The first-order valence-electron chi connectivity index (χ1n) is 8.42. The quantitative estimate of drug-likeness (QED) is 0.628.